The molecule has 1 aromatic heterocycles. The summed E-state index contributed by atoms with van der Waals surface area (Å²) < 4.78 is 41.6. The van der Waals surface area contributed by atoms with Gasteiger partial charge in [0.15, 0.2) is 0 Å². The van der Waals surface area contributed by atoms with Gasteiger partial charge in [0.2, 0.25) is 11.7 Å². The van der Waals surface area contributed by atoms with Gasteiger partial charge in [-0.3, -0.25) is 0 Å². The van der Waals surface area contributed by atoms with Crippen molar-refractivity contribution in [3.05, 3.63) is 17.6 Å². The molecule has 0 radical (unpaired) electrons. The summed E-state index contributed by atoms with van der Waals surface area (Å²) in [5, 5.41) is 2.70. The first-order valence-corrected chi connectivity index (χ1v) is 4.11. The second-order valence-electron chi connectivity index (χ2n) is 2.75. The van der Waals surface area contributed by atoms with E-state index in [1.165, 1.54) is 13.2 Å². The maximum absolute atomic E-state index is 12.3. The molecule has 0 saturated heterocycles. The lowest BCUT2D eigenvalue weighted by molar-refractivity contribution is -0.145. The number of nitrogens with zero attached hydrogens (tertiary/aromatic N) is 2. The average Bonchev–Trinajstić information content (AvgIpc) is 2.16. The third kappa shape index (κ3) is 3.05. The highest BCUT2D eigenvalue weighted by atomic mass is 19.4. The Morgan fingerprint density at radius 2 is 2.07 bits per heavy atom. The van der Waals surface area contributed by atoms with Gasteiger partial charge >= 0.3 is 6.18 Å². The van der Waals surface area contributed by atoms with Crippen LogP contribution >= 0.6 is 0 Å². The van der Waals surface area contributed by atoms with E-state index in [9.17, 15) is 13.2 Å². The molecule has 1 rings (SSSR count). The second kappa shape index (κ2) is 4.43. The van der Waals surface area contributed by atoms with Crippen LogP contribution in [0.1, 0.15) is 11.5 Å². The highest BCUT2D eigenvalue weighted by molar-refractivity contribution is 5.17. The van der Waals surface area contributed by atoms with E-state index in [0.717, 1.165) is 0 Å². The van der Waals surface area contributed by atoms with Crippen molar-refractivity contribution in [2.75, 3.05) is 14.2 Å². The average molecular weight is 221 g/mol. The molecule has 0 aromatic carbocycles. The minimum Gasteiger partial charge on any atom is -0.481 e. The lowest BCUT2D eigenvalue weighted by Gasteiger charge is -2.08. The first-order chi connectivity index (χ1) is 6.97. The van der Waals surface area contributed by atoms with Gasteiger partial charge in [-0.1, -0.05) is 0 Å². The quantitative estimate of drug-likeness (QED) is 0.833. The molecule has 0 saturated carbocycles. The molecule has 1 heterocycles. The summed E-state index contributed by atoms with van der Waals surface area (Å²) >= 11 is 0. The van der Waals surface area contributed by atoms with Crippen molar-refractivity contribution in [3.63, 3.8) is 0 Å². The van der Waals surface area contributed by atoms with Crippen molar-refractivity contribution in [1.29, 1.82) is 0 Å². The monoisotopic (exact) mass is 221 g/mol. The first kappa shape index (κ1) is 11.7. The van der Waals surface area contributed by atoms with E-state index in [-0.39, 0.29) is 18.1 Å². The van der Waals surface area contributed by atoms with Gasteiger partial charge in [-0.15, -0.1) is 0 Å². The number of alkyl halides is 3. The molecule has 1 aromatic rings. The number of rotatable bonds is 3. The van der Waals surface area contributed by atoms with Crippen LogP contribution in [0.5, 0.6) is 5.88 Å². The van der Waals surface area contributed by atoms with Crippen molar-refractivity contribution < 1.29 is 17.9 Å². The van der Waals surface area contributed by atoms with Crippen molar-refractivity contribution in [3.8, 4) is 5.88 Å². The predicted molar refractivity (Wildman–Crippen MR) is 46.3 cm³/mol. The maximum atomic E-state index is 12.3. The number of hydrogen-bond acceptors (Lipinski definition) is 4. The fraction of sp³-hybridized carbons (Fsp3) is 0.500. The number of aromatic nitrogens is 2. The molecular weight excluding hydrogens is 211 g/mol. The standard InChI is InChI=1S/C8H10F3N3O/c1-12-4-5-3-6(15-2)14-7(13-5)8(9,10)11/h3,12H,4H2,1-2H3. The molecule has 0 atom stereocenters. The molecule has 0 unspecified atom stereocenters. The molecule has 15 heavy (non-hydrogen) atoms. The lowest BCUT2D eigenvalue weighted by atomic mass is 10.4. The minimum absolute atomic E-state index is 0.0948. The maximum Gasteiger partial charge on any atom is 0.451 e. The Morgan fingerprint density at radius 1 is 1.40 bits per heavy atom. The summed E-state index contributed by atoms with van der Waals surface area (Å²) in [5.41, 5.74) is 0.233. The number of halogens is 3. The summed E-state index contributed by atoms with van der Waals surface area (Å²) in [6.07, 6.45) is -4.56. The van der Waals surface area contributed by atoms with Crippen molar-refractivity contribution in [1.82, 2.24) is 15.3 Å². The van der Waals surface area contributed by atoms with E-state index in [0.29, 0.717) is 0 Å². The van der Waals surface area contributed by atoms with Gasteiger partial charge in [0.1, 0.15) is 0 Å². The Balaban J connectivity index is 3.11. The van der Waals surface area contributed by atoms with Gasteiger partial charge in [0, 0.05) is 12.6 Å². The molecule has 4 nitrogen and oxygen atoms in total. The smallest absolute Gasteiger partial charge is 0.451 e. The zero-order valence-corrected chi connectivity index (χ0v) is 8.22. The number of ether oxygens (including phenoxy) is 1. The largest absolute Gasteiger partial charge is 0.481 e. The molecule has 0 fully saturated rings. The summed E-state index contributed by atoms with van der Waals surface area (Å²) in [6.45, 7) is 0.224. The van der Waals surface area contributed by atoms with Crippen LogP contribution in [0, 0.1) is 0 Å². The highest BCUT2D eigenvalue weighted by Gasteiger charge is 2.35. The molecule has 0 bridgehead atoms. The molecule has 7 heteroatoms. The van der Waals surface area contributed by atoms with Crippen LogP contribution in [0.2, 0.25) is 0 Å². The Bertz CT molecular complexity index is 340. The van der Waals surface area contributed by atoms with Gasteiger partial charge in [-0.25, -0.2) is 4.98 Å². The lowest BCUT2D eigenvalue weighted by Crippen LogP contribution is -2.15. The third-order valence-electron chi connectivity index (χ3n) is 1.58. The van der Waals surface area contributed by atoms with Gasteiger partial charge in [-0.2, -0.15) is 18.2 Å². The minimum atomic E-state index is -4.56. The van der Waals surface area contributed by atoms with E-state index in [1.807, 2.05) is 0 Å². The van der Waals surface area contributed by atoms with Crippen LogP contribution in [-0.2, 0) is 12.7 Å². The summed E-state index contributed by atoms with van der Waals surface area (Å²) in [4.78, 5) is 6.58. The molecule has 0 aliphatic carbocycles. The normalized spacial score (nSPS) is 11.5. The second-order valence-corrected chi connectivity index (χ2v) is 2.75. The van der Waals surface area contributed by atoms with E-state index >= 15 is 0 Å². The van der Waals surface area contributed by atoms with Crippen LogP contribution in [0.4, 0.5) is 13.2 Å². The fourth-order valence-electron chi connectivity index (χ4n) is 0.976. The number of nitrogens with one attached hydrogen (secondary N) is 1. The van der Waals surface area contributed by atoms with Crippen molar-refractivity contribution in [2.24, 2.45) is 0 Å². The third-order valence-corrected chi connectivity index (χ3v) is 1.58. The van der Waals surface area contributed by atoms with Gasteiger partial charge in [0.25, 0.3) is 0 Å². The summed E-state index contributed by atoms with van der Waals surface area (Å²) in [6, 6.07) is 1.35. The number of hydrogen-bond donors (Lipinski definition) is 1. The molecule has 84 valence electrons. The molecular formula is C8H10F3N3O. The van der Waals surface area contributed by atoms with Crippen LogP contribution in [0.15, 0.2) is 6.07 Å². The van der Waals surface area contributed by atoms with Crippen molar-refractivity contribution >= 4 is 0 Å². The van der Waals surface area contributed by atoms with Crippen LogP contribution in [0.25, 0.3) is 0 Å². The SMILES string of the molecule is CNCc1cc(OC)nc(C(F)(F)F)n1. The molecule has 0 aliphatic heterocycles. The van der Waals surface area contributed by atoms with Gasteiger partial charge in [0.05, 0.1) is 12.8 Å². The van der Waals surface area contributed by atoms with Crippen LogP contribution in [-0.4, -0.2) is 24.1 Å². The predicted octanol–water partition coefficient (Wildman–Crippen LogP) is 1.22. The molecule has 0 amide bonds. The zero-order valence-electron chi connectivity index (χ0n) is 8.22. The molecule has 1 N–H and O–H groups in total. The number of methoxy groups -OCH3 is 1. The zero-order chi connectivity index (χ0) is 11.5. The molecule has 0 aliphatic rings. The van der Waals surface area contributed by atoms with Gasteiger partial charge in [-0.05, 0) is 7.05 Å². The van der Waals surface area contributed by atoms with Crippen molar-refractivity contribution in [2.45, 2.75) is 12.7 Å². The van der Waals surface area contributed by atoms with E-state index in [4.69, 9.17) is 0 Å². The first-order valence-electron chi connectivity index (χ1n) is 4.11. The Kier molecular flexibility index (Phi) is 3.46. The van der Waals surface area contributed by atoms with Crippen LogP contribution < -0.4 is 10.1 Å². The highest BCUT2D eigenvalue weighted by Crippen LogP contribution is 2.27. The fourth-order valence-corrected chi connectivity index (χ4v) is 0.976. The molecule has 0 spiro atoms. The van der Waals surface area contributed by atoms with E-state index < -0.39 is 12.0 Å². The van der Waals surface area contributed by atoms with E-state index in [1.54, 1.807) is 7.05 Å². The van der Waals surface area contributed by atoms with E-state index in [2.05, 4.69) is 20.0 Å². The van der Waals surface area contributed by atoms with Gasteiger partial charge < -0.3 is 10.1 Å². The Labute approximate surface area is 84.5 Å². The Hall–Kier alpha value is -1.37. The Morgan fingerprint density at radius 3 is 2.53 bits per heavy atom. The summed E-state index contributed by atoms with van der Waals surface area (Å²) in [7, 11) is 2.87. The topological polar surface area (TPSA) is 47.0 Å². The van der Waals surface area contributed by atoms with Crippen LogP contribution in [0.3, 0.4) is 0 Å². The summed E-state index contributed by atoms with van der Waals surface area (Å²) in [5.74, 6) is -1.28.